The molecule has 11 heteroatoms. The highest BCUT2D eigenvalue weighted by molar-refractivity contribution is 6.36. The molecule has 2 aromatic carbocycles. The SMILES string of the molecule is Cc1nc(N2C[C@@H](c3ccc(C#N)cc3)[C@]3(C2)C(=O)N(c2cc(Cl)cc(Cl)c2)C(=O)N3C)ccc1C(=O)OC(C)(C)C. The van der Waals surface area contributed by atoms with Crippen molar-refractivity contribution in [2.45, 2.75) is 44.8 Å². The first-order valence-electron chi connectivity index (χ1n) is 13.3. The van der Waals surface area contributed by atoms with E-state index in [1.807, 2.05) is 17.0 Å². The van der Waals surface area contributed by atoms with Crippen molar-refractivity contribution in [3.05, 3.63) is 87.0 Å². The summed E-state index contributed by atoms with van der Waals surface area (Å²) in [5.74, 6) is -0.820. The average molecular weight is 607 g/mol. The normalized spacial score (nSPS) is 20.4. The number of hydrogen-bond acceptors (Lipinski definition) is 7. The molecular weight excluding hydrogens is 577 g/mol. The summed E-state index contributed by atoms with van der Waals surface area (Å²) < 4.78 is 5.52. The van der Waals surface area contributed by atoms with Gasteiger partial charge in [-0.15, -0.1) is 0 Å². The molecule has 216 valence electrons. The molecule has 0 radical (unpaired) electrons. The summed E-state index contributed by atoms with van der Waals surface area (Å²) in [6, 6.07) is 16.6. The molecule has 3 heterocycles. The van der Waals surface area contributed by atoms with Gasteiger partial charge in [0.1, 0.15) is 17.0 Å². The van der Waals surface area contributed by atoms with E-state index in [-0.39, 0.29) is 12.2 Å². The molecule has 3 amide bonds. The number of aryl methyl sites for hydroxylation is 1. The van der Waals surface area contributed by atoms with Crippen molar-refractivity contribution in [1.82, 2.24) is 9.88 Å². The van der Waals surface area contributed by atoms with Gasteiger partial charge >= 0.3 is 12.0 Å². The molecule has 0 unspecified atom stereocenters. The number of halogens is 2. The van der Waals surface area contributed by atoms with Gasteiger partial charge < -0.3 is 14.5 Å². The van der Waals surface area contributed by atoms with E-state index < -0.39 is 35.0 Å². The Morgan fingerprint density at radius 2 is 1.71 bits per heavy atom. The van der Waals surface area contributed by atoms with E-state index in [2.05, 4.69) is 6.07 Å². The fourth-order valence-corrected chi connectivity index (χ4v) is 6.17. The molecule has 9 nitrogen and oxygen atoms in total. The van der Waals surface area contributed by atoms with Gasteiger partial charge in [-0.05, 0) is 75.7 Å². The maximum absolute atomic E-state index is 14.4. The Bertz CT molecular complexity index is 1630. The number of esters is 1. The molecular formula is C31H29Cl2N5O4. The Kier molecular flexibility index (Phi) is 7.42. The minimum absolute atomic E-state index is 0.141. The Morgan fingerprint density at radius 1 is 1.07 bits per heavy atom. The van der Waals surface area contributed by atoms with Gasteiger partial charge in [0, 0.05) is 29.6 Å². The number of urea groups is 1. The smallest absolute Gasteiger partial charge is 0.340 e. The third kappa shape index (κ3) is 5.06. The maximum Gasteiger partial charge on any atom is 0.340 e. The Hall–Kier alpha value is -4.13. The monoisotopic (exact) mass is 605 g/mol. The number of likely N-dealkylation sites (N-methyl/N-ethyl adjacent to an activating group) is 1. The van der Waals surface area contributed by atoms with E-state index >= 15 is 0 Å². The molecule has 2 aliphatic rings. The highest BCUT2D eigenvalue weighted by Gasteiger charge is 2.64. The van der Waals surface area contributed by atoms with Crippen LogP contribution in [0.4, 0.5) is 16.3 Å². The molecule has 0 N–H and O–H groups in total. The zero-order valence-corrected chi connectivity index (χ0v) is 25.3. The second kappa shape index (κ2) is 10.6. The highest BCUT2D eigenvalue weighted by Crippen LogP contribution is 2.47. The Morgan fingerprint density at radius 3 is 2.29 bits per heavy atom. The summed E-state index contributed by atoms with van der Waals surface area (Å²) >= 11 is 12.5. The third-order valence-corrected chi connectivity index (χ3v) is 8.06. The second-order valence-corrected chi connectivity index (χ2v) is 12.4. The van der Waals surface area contributed by atoms with Crippen molar-refractivity contribution < 1.29 is 19.1 Å². The Balaban J connectivity index is 1.57. The van der Waals surface area contributed by atoms with Crippen LogP contribution in [0.15, 0.2) is 54.6 Å². The van der Waals surface area contributed by atoms with Gasteiger partial charge in [-0.3, -0.25) is 4.79 Å². The van der Waals surface area contributed by atoms with Gasteiger partial charge in [-0.1, -0.05) is 35.3 Å². The number of ether oxygens (including phenoxy) is 1. The lowest BCUT2D eigenvalue weighted by molar-refractivity contribution is -0.124. The molecule has 0 bridgehead atoms. The van der Waals surface area contributed by atoms with E-state index in [0.29, 0.717) is 39.2 Å². The second-order valence-electron chi connectivity index (χ2n) is 11.5. The molecule has 1 aromatic heterocycles. The molecule has 0 saturated carbocycles. The van der Waals surface area contributed by atoms with Crippen LogP contribution in [0.1, 0.15) is 53.9 Å². The van der Waals surface area contributed by atoms with Crippen LogP contribution >= 0.6 is 23.2 Å². The fraction of sp³-hybridized carbons (Fsp3) is 0.323. The topological polar surface area (TPSA) is 107 Å². The van der Waals surface area contributed by atoms with Gasteiger partial charge in [-0.25, -0.2) is 19.5 Å². The number of anilines is 2. The summed E-state index contributed by atoms with van der Waals surface area (Å²) in [5.41, 5.74) is 0.414. The van der Waals surface area contributed by atoms with Crippen molar-refractivity contribution in [3.63, 3.8) is 0 Å². The summed E-state index contributed by atoms with van der Waals surface area (Å²) in [6.45, 7) is 7.61. The molecule has 1 spiro atoms. The lowest BCUT2D eigenvalue weighted by atomic mass is 9.80. The minimum Gasteiger partial charge on any atom is -0.456 e. The Labute approximate surface area is 254 Å². The molecule has 3 aromatic rings. The molecule has 2 saturated heterocycles. The van der Waals surface area contributed by atoms with E-state index in [1.54, 1.807) is 59.0 Å². The average Bonchev–Trinajstić information content (AvgIpc) is 3.40. The summed E-state index contributed by atoms with van der Waals surface area (Å²) in [4.78, 5) is 50.1. The largest absolute Gasteiger partial charge is 0.456 e. The van der Waals surface area contributed by atoms with Gasteiger partial charge in [0.25, 0.3) is 5.91 Å². The molecule has 2 fully saturated rings. The molecule has 2 aliphatic heterocycles. The number of rotatable bonds is 4. The lowest BCUT2D eigenvalue weighted by Crippen LogP contribution is -2.53. The van der Waals surface area contributed by atoms with Crippen molar-refractivity contribution in [2.24, 2.45) is 0 Å². The van der Waals surface area contributed by atoms with Crippen LogP contribution in [0, 0.1) is 18.3 Å². The number of nitriles is 1. The van der Waals surface area contributed by atoms with E-state index in [4.69, 9.17) is 32.9 Å². The van der Waals surface area contributed by atoms with Crippen LogP contribution < -0.4 is 9.80 Å². The number of carbonyl (C=O) groups is 3. The van der Waals surface area contributed by atoms with E-state index in [1.165, 1.54) is 23.1 Å². The van der Waals surface area contributed by atoms with Crippen LogP contribution in [-0.2, 0) is 9.53 Å². The number of benzene rings is 2. The molecule has 5 rings (SSSR count). The van der Waals surface area contributed by atoms with Crippen molar-refractivity contribution in [2.75, 3.05) is 29.9 Å². The number of nitrogens with zero attached hydrogens (tertiary/aromatic N) is 5. The number of pyridine rings is 1. The summed E-state index contributed by atoms with van der Waals surface area (Å²) in [6.07, 6.45) is 0. The number of carbonyl (C=O) groups excluding carboxylic acids is 3. The van der Waals surface area contributed by atoms with Crippen LogP contribution in [0.3, 0.4) is 0 Å². The third-order valence-electron chi connectivity index (χ3n) is 7.62. The fourth-order valence-electron chi connectivity index (χ4n) is 5.65. The van der Waals surface area contributed by atoms with Gasteiger partial charge in [0.05, 0.1) is 35.1 Å². The zero-order chi connectivity index (χ0) is 30.6. The number of hydrogen-bond donors (Lipinski definition) is 0. The first-order chi connectivity index (χ1) is 19.7. The van der Waals surface area contributed by atoms with Crippen molar-refractivity contribution in [1.29, 1.82) is 5.26 Å². The summed E-state index contributed by atoms with van der Waals surface area (Å²) in [5, 5.41) is 9.92. The number of aromatic nitrogens is 1. The standard InChI is InChI=1S/C31H29Cl2N5O4/c1-18-24(27(39)42-30(2,3)4)10-11-26(35-18)37-16-25(20-8-6-19(15-34)7-9-20)31(17-37)28(40)38(29(41)36(31)5)23-13-21(32)12-22(33)14-23/h6-14,25H,16-17H2,1-5H3/t25-,31+/m0/s1. The van der Waals surface area contributed by atoms with E-state index in [0.717, 1.165) is 10.5 Å². The van der Waals surface area contributed by atoms with Gasteiger partial charge in [0.15, 0.2) is 0 Å². The van der Waals surface area contributed by atoms with Crippen LogP contribution in [0.25, 0.3) is 0 Å². The summed E-state index contributed by atoms with van der Waals surface area (Å²) in [7, 11) is 1.61. The van der Waals surface area contributed by atoms with Crippen molar-refractivity contribution in [3.8, 4) is 6.07 Å². The molecule has 2 atom stereocenters. The predicted octanol–water partition coefficient (Wildman–Crippen LogP) is 5.97. The quantitative estimate of drug-likeness (QED) is 0.266. The number of amides is 3. The van der Waals surface area contributed by atoms with Crippen LogP contribution in [-0.4, -0.2) is 59.1 Å². The van der Waals surface area contributed by atoms with Crippen LogP contribution in [0.2, 0.25) is 10.0 Å². The predicted molar refractivity (Wildman–Crippen MR) is 160 cm³/mol. The lowest BCUT2D eigenvalue weighted by Gasteiger charge is -2.33. The van der Waals surface area contributed by atoms with E-state index in [9.17, 15) is 19.6 Å². The first kappa shape index (κ1) is 29.4. The first-order valence-corrected chi connectivity index (χ1v) is 14.0. The van der Waals surface area contributed by atoms with Gasteiger partial charge in [-0.2, -0.15) is 5.26 Å². The zero-order valence-electron chi connectivity index (χ0n) is 23.8. The minimum atomic E-state index is -1.31. The van der Waals surface area contributed by atoms with Crippen LogP contribution in [0.5, 0.6) is 0 Å². The maximum atomic E-state index is 14.4. The molecule has 0 aliphatic carbocycles. The highest BCUT2D eigenvalue weighted by atomic mass is 35.5. The van der Waals surface area contributed by atoms with Gasteiger partial charge in [0.2, 0.25) is 0 Å². The van der Waals surface area contributed by atoms with Crippen molar-refractivity contribution >= 4 is 52.6 Å². The number of imide groups is 1. The molecule has 42 heavy (non-hydrogen) atoms.